The van der Waals surface area contributed by atoms with Gasteiger partial charge in [-0.2, -0.15) is 5.10 Å². The van der Waals surface area contributed by atoms with Gasteiger partial charge in [0.25, 0.3) is 5.56 Å². The number of hydrogen-bond donors (Lipinski definition) is 1. The molecule has 0 atom stereocenters. The minimum Gasteiger partial charge on any atom is -0.505 e. The van der Waals surface area contributed by atoms with E-state index in [1.807, 2.05) is 0 Å². The van der Waals surface area contributed by atoms with Crippen LogP contribution in [0.15, 0.2) is 41.3 Å². The summed E-state index contributed by atoms with van der Waals surface area (Å²) in [6, 6.07) is 5.20. The largest absolute Gasteiger partial charge is 0.505 e. The number of fused-ring (bicyclic) bond motifs is 3. The number of Topliss-reactive ketones (excluding diaryl/α,β-unsaturated/α-hetero) is 1. The van der Waals surface area contributed by atoms with Crippen molar-refractivity contribution in [1.29, 1.82) is 0 Å². The van der Waals surface area contributed by atoms with Crippen molar-refractivity contribution in [1.82, 2.24) is 14.3 Å². The Morgan fingerprint density at radius 3 is 2.60 bits per heavy atom. The maximum absolute atomic E-state index is 14.0. The molecule has 4 rings (SSSR count). The summed E-state index contributed by atoms with van der Waals surface area (Å²) in [4.78, 5) is 25.3. The Kier molecular flexibility index (Phi) is 4.81. The molecule has 4 aromatic rings. The van der Waals surface area contributed by atoms with Crippen molar-refractivity contribution in [2.75, 3.05) is 0 Å². The summed E-state index contributed by atoms with van der Waals surface area (Å²) in [5.74, 6) is -3.40. The van der Waals surface area contributed by atoms with Gasteiger partial charge in [-0.05, 0) is 17.7 Å². The van der Waals surface area contributed by atoms with E-state index in [1.54, 1.807) is 7.05 Å². The summed E-state index contributed by atoms with van der Waals surface area (Å²) >= 11 is 0. The van der Waals surface area contributed by atoms with Crippen LogP contribution in [-0.4, -0.2) is 25.2 Å². The number of phenolic OH excluding ortho intramolecular Hbond substituents is 1. The van der Waals surface area contributed by atoms with Gasteiger partial charge in [0.15, 0.2) is 11.6 Å². The molecule has 9 heteroatoms. The molecule has 2 aromatic carbocycles. The zero-order valence-corrected chi connectivity index (χ0v) is 15.8. The fraction of sp³-hybridized carbons (Fsp3) is 0.190. The maximum atomic E-state index is 14.0. The summed E-state index contributed by atoms with van der Waals surface area (Å²) in [6.45, 7) is -0.0774. The molecule has 0 spiro atoms. The lowest BCUT2D eigenvalue weighted by molar-refractivity contribution is -0.118. The number of aryl methyl sites for hydroxylation is 2. The lowest BCUT2D eigenvalue weighted by atomic mass is 10.1. The molecular formula is C21H16F3N3O3. The zero-order valence-electron chi connectivity index (χ0n) is 15.8. The van der Waals surface area contributed by atoms with Crippen molar-refractivity contribution < 1.29 is 23.1 Å². The third kappa shape index (κ3) is 3.32. The quantitative estimate of drug-likeness (QED) is 0.543. The molecular weight excluding hydrogens is 399 g/mol. The number of benzene rings is 2. The Bertz CT molecular complexity index is 1380. The molecule has 0 bridgehead atoms. The van der Waals surface area contributed by atoms with Crippen LogP contribution in [0.3, 0.4) is 0 Å². The molecule has 0 aliphatic carbocycles. The number of aromatic nitrogens is 3. The lowest BCUT2D eigenvalue weighted by Gasteiger charge is -2.13. The fourth-order valence-corrected chi connectivity index (χ4v) is 3.56. The van der Waals surface area contributed by atoms with Crippen molar-refractivity contribution in [3.8, 4) is 5.75 Å². The molecule has 0 aliphatic heterocycles. The van der Waals surface area contributed by atoms with Gasteiger partial charge in [0.1, 0.15) is 17.4 Å². The van der Waals surface area contributed by atoms with E-state index >= 15 is 0 Å². The number of carbonyl (C=O) groups is 1. The second-order valence-electron chi connectivity index (χ2n) is 7.01. The highest BCUT2D eigenvalue weighted by molar-refractivity contribution is 6.04. The average molecular weight is 415 g/mol. The van der Waals surface area contributed by atoms with Gasteiger partial charge in [-0.1, -0.05) is 6.07 Å². The maximum Gasteiger partial charge on any atom is 0.262 e. The van der Waals surface area contributed by atoms with Gasteiger partial charge >= 0.3 is 0 Å². The highest BCUT2D eigenvalue weighted by atomic mass is 19.1. The molecule has 0 radical (unpaired) electrons. The second kappa shape index (κ2) is 7.33. The van der Waals surface area contributed by atoms with E-state index in [4.69, 9.17) is 0 Å². The normalized spacial score (nSPS) is 11.5. The van der Waals surface area contributed by atoms with Crippen LogP contribution in [0.5, 0.6) is 5.75 Å². The molecule has 0 saturated heterocycles. The number of hydrogen-bond acceptors (Lipinski definition) is 4. The van der Waals surface area contributed by atoms with Crippen molar-refractivity contribution in [3.05, 3.63) is 69.9 Å². The van der Waals surface area contributed by atoms with E-state index in [-0.39, 0.29) is 41.6 Å². The van der Waals surface area contributed by atoms with Crippen molar-refractivity contribution in [2.24, 2.45) is 7.05 Å². The van der Waals surface area contributed by atoms with Gasteiger partial charge in [0.2, 0.25) is 0 Å². The Balaban J connectivity index is 1.71. The van der Waals surface area contributed by atoms with Crippen molar-refractivity contribution >= 4 is 27.6 Å². The smallest absolute Gasteiger partial charge is 0.262 e. The number of halogens is 3. The topological polar surface area (TPSA) is 77.1 Å². The number of phenols is 1. The molecule has 2 aromatic heterocycles. The third-order valence-corrected chi connectivity index (χ3v) is 5.04. The first-order valence-corrected chi connectivity index (χ1v) is 9.08. The average Bonchev–Trinajstić information content (AvgIpc) is 3.08. The minimum absolute atomic E-state index is 0.0530. The van der Waals surface area contributed by atoms with Gasteiger partial charge in [-0.3, -0.25) is 14.3 Å². The first-order chi connectivity index (χ1) is 14.3. The molecule has 1 N–H and O–H groups in total. The van der Waals surface area contributed by atoms with E-state index in [9.17, 15) is 27.9 Å². The Hall–Kier alpha value is -3.62. The van der Waals surface area contributed by atoms with Crippen LogP contribution in [0.1, 0.15) is 12.0 Å². The highest BCUT2D eigenvalue weighted by Crippen LogP contribution is 2.28. The molecule has 0 saturated carbocycles. The zero-order chi connectivity index (χ0) is 21.6. The van der Waals surface area contributed by atoms with Gasteiger partial charge in [0, 0.05) is 44.0 Å². The van der Waals surface area contributed by atoms with Gasteiger partial charge in [-0.15, -0.1) is 0 Å². The Labute approximate surface area is 167 Å². The Morgan fingerprint density at radius 1 is 1.10 bits per heavy atom. The summed E-state index contributed by atoms with van der Waals surface area (Å²) in [6.07, 6.45) is 0.979. The number of aromatic hydroxyl groups is 1. The number of rotatable bonds is 5. The summed E-state index contributed by atoms with van der Waals surface area (Å²) in [5, 5.41) is 14.5. The van der Waals surface area contributed by atoms with Crippen LogP contribution in [-0.2, 0) is 24.8 Å². The Morgan fingerprint density at radius 2 is 1.87 bits per heavy atom. The number of nitrogens with zero attached hydrogens (tertiary/aromatic N) is 3. The minimum atomic E-state index is -0.906. The lowest BCUT2D eigenvalue weighted by Crippen LogP contribution is -2.23. The SMILES string of the molecule is Cn1ncc2c(=O)n(CCC(=O)Cc3ccc(F)cc3F)c3cc(F)c(O)cc3c21. The van der Waals surface area contributed by atoms with Gasteiger partial charge in [-0.25, -0.2) is 13.2 Å². The first kappa shape index (κ1) is 19.7. The van der Waals surface area contributed by atoms with Crippen LogP contribution in [0, 0.1) is 17.5 Å². The molecule has 2 heterocycles. The van der Waals surface area contributed by atoms with Crippen LogP contribution in [0.2, 0.25) is 0 Å². The number of pyridine rings is 1. The predicted molar refractivity (Wildman–Crippen MR) is 104 cm³/mol. The molecule has 0 amide bonds. The molecule has 6 nitrogen and oxygen atoms in total. The summed E-state index contributed by atoms with van der Waals surface area (Å²) < 4.78 is 43.5. The van der Waals surface area contributed by atoms with Crippen LogP contribution in [0.4, 0.5) is 13.2 Å². The van der Waals surface area contributed by atoms with Gasteiger partial charge < -0.3 is 9.67 Å². The summed E-state index contributed by atoms with van der Waals surface area (Å²) in [5.41, 5.74) is 0.224. The molecule has 0 aliphatic rings. The molecule has 0 fully saturated rings. The molecule has 30 heavy (non-hydrogen) atoms. The van der Waals surface area contributed by atoms with E-state index in [2.05, 4.69) is 5.10 Å². The van der Waals surface area contributed by atoms with Gasteiger partial charge in [0.05, 0.1) is 22.6 Å². The van der Waals surface area contributed by atoms with Crippen LogP contribution >= 0.6 is 0 Å². The van der Waals surface area contributed by atoms with E-state index < -0.39 is 28.8 Å². The third-order valence-electron chi connectivity index (χ3n) is 5.04. The fourth-order valence-electron chi connectivity index (χ4n) is 3.56. The predicted octanol–water partition coefficient (Wildman–Crippen LogP) is 3.21. The van der Waals surface area contributed by atoms with Crippen LogP contribution in [0.25, 0.3) is 21.8 Å². The monoisotopic (exact) mass is 415 g/mol. The summed E-state index contributed by atoms with van der Waals surface area (Å²) in [7, 11) is 1.62. The highest BCUT2D eigenvalue weighted by Gasteiger charge is 2.18. The number of carbonyl (C=O) groups excluding carboxylic acids is 1. The number of ketones is 1. The molecule has 0 unspecified atom stereocenters. The van der Waals surface area contributed by atoms with E-state index in [0.717, 1.165) is 12.1 Å². The van der Waals surface area contributed by atoms with Crippen molar-refractivity contribution in [3.63, 3.8) is 0 Å². The van der Waals surface area contributed by atoms with Crippen molar-refractivity contribution in [2.45, 2.75) is 19.4 Å². The van der Waals surface area contributed by atoms with E-state index in [1.165, 1.54) is 27.6 Å². The standard InChI is InChI=1S/C21H16F3N3O3/c1-26-20-14-8-19(29)17(24)9-18(14)27(21(30)15(20)10-25-26)5-4-13(28)6-11-2-3-12(22)7-16(11)23/h2-3,7-10,29H,4-6H2,1H3. The first-order valence-electron chi connectivity index (χ1n) is 9.08. The van der Waals surface area contributed by atoms with Crippen LogP contribution < -0.4 is 5.56 Å². The second-order valence-corrected chi connectivity index (χ2v) is 7.01. The molecule has 154 valence electrons. The van der Waals surface area contributed by atoms with E-state index in [0.29, 0.717) is 17.0 Å².